The Kier molecular flexibility index (Phi) is 5.62. The van der Waals surface area contributed by atoms with Crippen LogP contribution < -0.4 is 10.6 Å². The molecule has 2 rings (SSSR count). The lowest BCUT2D eigenvalue weighted by Gasteiger charge is -2.14. The summed E-state index contributed by atoms with van der Waals surface area (Å²) in [6, 6.07) is 14.7. The molecule has 0 radical (unpaired) electrons. The maximum atomic E-state index is 11.9. The Hall–Kier alpha value is -1.55. The van der Waals surface area contributed by atoms with Crippen molar-refractivity contribution < 1.29 is 4.79 Å². The van der Waals surface area contributed by atoms with Gasteiger partial charge in [0.05, 0.1) is 17.3 Å². The lowest BCUT2D eigenvalue weighted by Crippen LogP contribution is -2.30. The second-order valence-corrected chi connectivity index (χ2v) is 5.53. The first-order valence-corrected chi connectivity index (χ1v) is 7.35. The number of amides is 1. The molecule has 0 aliphatic carbocycles. The van der Waals surface area contributed by atoms with Crippen LogP contribution in [0.1, 0.15) is 18.5 Å². The molecule has 21 heavy (non-hydrogen) atoms. The molecule has 5 heteroatoms. The summed E-state index contributed by atoms with van der Waals surface area (Å²) in [5, 5.41) is 7.12. The third kappa shape index (κ3) is 4.74. The largest absolute Gasteiger partial charge is 0.324 e. The minimum absolute atomic E-state index is 0.0284. The van der Waals surface area contributed by atoms with Crippen molar-refractivity contribution in [2.24, 2.45) is 0 Å². The Bertz CT molecular complexity index is 631. The Labute approximate surface area is 134 Å². The number of halogens is 2. The molecule has 0 saturated carbocycles. The predicted octanol–water partition coefficient (Wildman–Crippen LogP) is 4.28. The monoisotopic (exact) mass is 322 g/mol. The molecule has 3 nitrogen and oxygen atoms in total. The van der Waals surface area contributed by atoms with Crippen LogP contribution in [-0.4, -0.2) is 12.5 Å². The molecule has 110 valence electrons. The fourth-order valence-corrected chi connectivity index (χ4v) is 2.28. The van der Waals surface area contributed by atoms with Gasteiger partial charge in [0.1, 0.15) is 0 Å². The highest BCUT2D eigenvalue weighted by Crippen LogP contribution is 2.20. The zero-order chi connectivity index (χ0) is 15.2. The van der Waals surface area contributed by atoms with E-state index in [9.17, 15) is 4.79 Å². The summed E-state index contributed by atoms with van der Waals surface area (Å²) in [7, 11) is 0. The number of para-hydroxylation sites is 1. The van der Waals surface area contributed by atoms with Gasteiger partial charge in [0.15, 0.2) is 0 Å². The summed E-state index contributed by atoms with van der Waals surface area (Å²) in [5.74, 6) is -0.142. The van der Waals surface area contributed by atoms with Gasteiger partial charge in [-0.1, -0.05) is 47.5 Å². The maximum Gasteiger partial charge on any atom is 0.238 e. The molecule has 0 aliphatic rings. The summed E-state index contributed by atoms with van der Waals surface area (Å²) in [5.41, 5.74) is 1.65. The van der Waals surface area contributed by atoms with Gasteiger partial charge in [-0.15, -0.1) is 0 Å². The van der Waals surface area contributed by atoms with Crippen molar-refractivity contribution in [1.29, 1.82) is 0 Å². The normalized spacial score (nSPS) is 12.0. The molecule has 2 N–H and O–H groups in total. The molecule has 0 saturated heterocycles. The zero-order valence-corrected chi connectivity index (χ0v) is 13.1. The number of anilines is 1. The summed E-state index contributed by atoms with van der Waals surface area (Å²) >= 11 is 11.9. The van der Waals surface area contributed by atoms with E-state index in [1.54, 1.807) is 12.1 Å². The zero-order valence-electron chi connectivity index (χ0n) is 11.6. The van der Waals surface area contributed by atoms with Crippen molar-refractivity contribution in [2.75, 3.05) is 11.9 Å². The van der Waals surface area contributed by atoms with Gasteiger partial charge in [-0.05, 0) is 36.8 Å². The lowest BCUT2D eigenvalue weighted by molar-refractivity contribution is -0.115. The average Bonchev–Trinajstić information content (AvgIpc) is 2.47. The lowest BCUT2D eigenvalue weighted by atomic mass is 10.1. The van der Waals surface area contributed by atoms with Crippen LogP contribution in [0.4, 0.5) is 5.69 Å². The molecule has 0 heterocycles. The predicted molar refractivity (Wildman–Crippen MR) is 88.0 cm³/mol. The number of hydrogen-bond donors (Lipinski definition) is 2. The second-order valence-electron chi connectivity index (χ2n) is 4.69. The first kappa shape index (κ1) is 15.8. The molecule has 0 unspecified atom stereocenters. The standard InChI is InChI=1S/C16H16Cl2N2O/c1-11(12-5-4-6-13(17)9-12)19-10-16(21)20-15-8-3-2-7-14(15)18/h2-9,11,19H,10H2,1H3,(H,20,21)/t11-/m0/s1. The van der Waals surface area contributed by atoms with Crippen molar-refractivity contribution >= 4 is 34.8 Å². The van der Waals surface area contributed by atoms with E-state index in [-0.39, 0.29) is 18.5 Å². The highest BCUT2D eigenvalue weighted by molar-refractivity contribution is 6.33. The van der Waals surface area contributed by atoms with E-state index in [1.165, 1.54) is 0 Å². The van der Waals surface area contributed by atoms with E-state index in [1.807, 2.05) is 43.3 Å². The minimum Gasteiger partial charge on any atom is -0.324 e. The minimum atomic E-state index is -0.142. The SMILES string of the molecule is C[C@H](NCC(=O)Nc1ccccc1Cl)c1cccc(Cl)c1. The maximum absolute atomic E-state index is 11.9. The van der Waals surface area contributed by atoms with Crippen LogP contribution in [0.2, 0.25) is 10.0 Å². The first-order chi connectivity index (χ1) is 10.1. The molecular formula is C16H16Cl2N2O. The van der Waals surface area contributed by atoms with Crippen LogP contribution >= 0.6 is 23.2 Å². The Morgan fingerprint density at radius 3 is 2.62 bits per heavy atom. The number of rotatable bonds is 5. The smallest absolute Gasteiger partial charge is 0.238 e. The van der Waals surface area contributed by atoms with E-state index in [0.717, 1.165) is 5.56 Å². The summed E-state index contributed by atoms with van der Waals surface area (Å²) in [6.07, 6.45) is 0. The molecule has 0 bridgehead atoms. The number of nitrogens with one attached hydrogen (secondary N) is 2. The van der Waals surface area contributed by atoms with E-state index >= 15 is 0 Å². The van der Waals surface area contributed by atoms with Gasteiger partial charge in [-0.3, -0.25) is 4.79 Å². The van der Waals surface area contributed by atoms with Gasteiger partial charge in [-0.25, -0.2) is 0 Å². The van der Waals surface area contributed by atoms with Crippen molar-refractivity contribution in [1.82, 2.24) is 5.32 Å². The van der Waals surface area contributed by atoms with Crippen LogP contribution in [-0.2, 0) is 4.79 Å². The van der Waals surface area contributed by atoms with E-state index in [0.29, 0.717) is 15.7 Å². The topological polar surface area (TPSA) is 41.1 Å². The number of carbonyl (C=O) groups is 1. The Balaban J connectivity index is 1.88. The molecule has 1 atom stereocenters. The fraction of sp³-hybridized carbons (Fsp3) is 0.188. The van der Waals surface area contributed by atoms with E-state index in [4.69, 9.17) is 23.2 Å². The van der Waals surface area contributed by atoms with Crippen LogP contribution in [0.5, 0.6) is 0 Å². The van der Waals surface area contributed by atoms with Gasteiger partial charge >= 0.3 is 0 Å². The van der Waals surface area contributed by atoms with Crippen LogP contribution in [0.3, 0.4) is 0 Å². The van der Waals surface area contributed by atoms with Crippen LogP contribution in [0, 0.1) is 0 Å². The molecule has 0 aromatic heterocycles. The molecule has 1 amide bonds. The quantitative estimate of drug-likeness (QED) is 0.862. The third-order valence-electron chi connectivity index (χ3n) is 3.07. The fourth-order valence-electron chi connectivity index (χ4n) is 1.90. The molecule has 2 aromatic rings. The van der Waals surface area contributed by atoms with Crippen molar-refractivity contribution in [3.63, 3.8) is 0 Å². The molecule has 0 fully saturated rings. The second kappa shape index (κ2) is 7.46. The molecule has 2 aromatic carbocycles. The van der Waals surface area contributed by atoms with E-state index < -0.39 is 0 Å². The number of carbonyl (C=O) groups excluding carboxylic acids is 1. The number of benzene rings is 2. The molecular weight excluding hydrogens is 307 g/mol. The highest BCUT2D eigenvalue weighted by atomic mass is 35.5. The van der Waals surface area contributed by atoms with Crippen LogP contribution in [0.25, 0.3) is 0 Å². The van der Waals surface area contributed by atoms with E-state index in [2.05, 4.69) is 10.6 Å². The van der Waals surface area contributed by atoms with Crippen molar-refractivity contribution in [2.45, 2.75) is 13.0 Å². The van der Waals surface area contributed by atoms with Crippen molar-refractivity contribution in [3.8, 4) is 0 Å². The Morgan fingerprint density at radius 1 is 1.14 bits per heavy atom. The number of hydrogen-bond acceptors (Lipinski definition) is 2. The Morgan fingerprint density at radius 2 is 1.90 bits per heavy atom. The average molecular weight is 323 g/mol. The highest BCUT2D eigenvalue weighted by Gasteiger charge is 2.09. The van der Waals surface area contributed by atoms with Crippen LogP contribution in [0.15, 0.2) is 48.5 Å². The van der Waals surface area contributed by atoms with Gasteiger partial charge in [0, 0.05) is 11.1 Å². The molecule has 0 aliphatic heterocycles. The molecule has 0 spiro atoms. The first-order valence-electron chi connectivity index (χ1n) is 6.59. The summed E-state index contributed by atoms with van der Waals surface area (Å²) in [6.45, 7) is 2.17. The third-order valence-corrected chi connectivity index (χ3v) is 3.63. The van der Waals surface area contributed by atoms with Gasteiger partial charge in [0.25, 0.3) is 0 Å². The summed E-state index contributed by atoms with van der Waals surface area (Å²) < 4.78 is 0. The van der Waals surface area contributed by atoms with Gasteiger partial charge < -0.3 is 10.6 Å². The summed E-state index contributed by atoms with van der Waals surface area (Å²) in [4.78, 5) is 11.9. The van der Waals surface area contributed by atoms with Gasteiger partial charge in [-0.2, -0.15) is 0 Å². The van der Waals surface area contributed by atoms with Crippen molar-refractivity contribution in [3.05, 3.63) is 64.1 Å². The van der Waals surface area contributed by atoms with Gasteiger partial charge in [0.2, 0.25) is 5.91 Å².